The first-order chi connectivity index (χ1) is 48.4. The summed E-state index contributed by atoms with van der Waals surface area (Å²) in [6.45, 7) is 1.86. The highest BCUT2D eigenvalue weighted by atomic mass is 32.2. The number of aryl methyl sites for hydroxylation is 5. The number of hydrogen-bond donors (Lipinski definition) is 1. The number of halogens is 11. The van der Waals surface area contributed by atoms with Crippen LogP contribution in [0.25, 0.3) is 0 Å². The van der Waals surface area contributed by atoms with Gasteiger partial charge in [-0.05, 0) is 144 Å². The van der Waals surface area contributed by atoms with Crippen LogP contribution in [0.3, 0.4) is 0 Å². The summed E-state index contributed by atoms with van der Waals surface area (Å²) in [5, 5.41) is 8.50. The number of rotatable bonds is 29. The normalized spacial score (nSPS) is 11.9. The van der Waals surface area contributed by atoms with Crippen molar-refractivity contribution in [1.29, 1.82) is 0 Å². The van der Waals surface area contributed by atoms with Crippen LogP contribution < -0.4 is 14.2 Å². The molecule has 0 atom stereocenters. The molecule has 0 aromatic heterocycles. The Morgan fingerprint density at radius 1 is 0.279 bits per heavy atom. The van der Waals surface area contributed by atoms with E-state index in [0.717, 1.165) is 76.3 Å². The summed E-state index contributed by atoms with van der Waals surface area (Å²) in [7, 11) is -22.7. The Hall–Kier alpha value is -9.04. The molecule has 0 spiro atoms. The second kappa shape index (κ2) is 37.6. The van der Waals surface area contributed by atoms with Gasteiger partial charge in [-0.1, -0.05) is 88.5 Å². The molecule has 9 rings (SSSR count). The summed E-state index contributed by atoms with van der Waals surface area (Å²) < 4.78 is 299. The van der Waals surface area contributed by atoms with Gasteiger partial charge >= 0.3 is 0 Å². The van der Waals surface area contributed by atoms with Crippen molar-refractivity contribution >= 4 is 50.6 Å². The van der Waals surface area contributed by atoms with Crippen LogP contribution >= 0.6 is 0 Å². The van der Waals surface area contributed by atoms with Gasteiger partial charge in [-0.15, -0.1) is 0 Å². The molecular formula is C69H65F11O19S5. The smallest absolute Gasteiger partial charge is 0.296 e. The Morgan fingerprint density at radius 2 is 0.462 bits per heavy atom. The van der Waals surface area contributed by atoms with E-state index in [4.69, 9.17) is 49.4 Å². The van der Waals surface area contributed by atoms with Crippen molar-refractivity contribution in [3.8, 4) is 23.0 Å². The fraction of sp³-hybridized carbons (Fsp3) is 0.217. The molecule has 0 aliphatic carbocycles. The van der Waals surface area contributed by atoms with Crippen LogP contribution in [0.5, 0.6) is 23.0 Å². The highest BCUT2D eigenvalue weighted by Crippen LogP contribution is 2.33. The average Bonchev–Trinajstić information content (AvgIpc) is 0.802. The summed E-state index contributed by atoms with van der Waals surface area (Å²) >= 11 is 0. The minimum Gasteiger partial charge on any atom is -0.505 e. The van der Waals surface area contributed by atoms with Crippen molar-refractivity contribution in [2.45, 2.75) is 59.1 Å². The van der Waals surface area contributed by atoms with Gasteiger partial charge < -0.3 is 19.3 Å². The highest BCUT2D eigenvalue weighted by molar-refractivity contribution is 7.87. The number of benzene rings is 9. The van der Waals surface area contributed by atoms with Crippen molar-refractivity contribution in [1.82, 2.24) is 0 Å². The van der Waals surface area contributed by atoms with Gasteiger partial charge in [0.2, 0.25) is 0 Å². The first-order valence-corrected chi connectivity index (χ1v) is 36.7. The number of aromatic hydroxyl groups is 1. The van der Waals surface area contributed by atoms with Crippen LogP contribution in [0.15, 0.2) is 219 Å². The van der Waals surface area contributed by atoms with Crippen molar-refractivity contribution in [2.24, 2.45) is 10.8 Å². The Morgan fingerprint density at radius 3 is 0.644 bits per heavy atom. The van der Waals surface area contributed by atoms with E-state index in [1.165, 1.54) is 121 Å². The molecule has 9 aromatic carbocycles. The van der Waals surface area contributed by atoms with Gasteiger partial charge in [0.1, 0.15) is 43.1 Å². The lowest BCUT2D eigenvalue weighted by Crippen LogP contribution is -2.45. The molecule has 0 saturated carbocycles. The fourth-order valence-electron chi connectivity index (χ4n) is 8.33. The molecule has 0 unspecified atom stereocenters. The molecule has 0 fully saturated rings. The maximum atomic E-state index is 14.4. The van der Waals surface area contributed by atoms with E-state index in [9.17, 15) is 77.2 Å². The van der Waals surface area contributed by atoms with E-state index >= 15 is 0 Å². The van der Waals surface area contributed by atoms with Crippen LogP contribution in [0.4, 0.5) is 49.0 Å². The maximum Gasteiger partial charge on any atom is 0.296 e. The Balaban J connectivity index is 0.000000325. The Labute approximate surface area is 592 Å². The van der Waals surface area contributed by atoms with Gasteiger partial charge in [0.25, 0.3) is 50.6 Å². The van der Waals surface area contributed by atoms with Gasteiger partial charge in [0.05, 0.1) is 68.3 Å². The van der Waals surface area contributed by atoms with E-state index < -0.39 is 184 Å². The number of hydrogen-bond acceptors (Lipinski definition) is 19. The SMILES string of the molecule is Cc1ccc(S(=O)(=O)OCC(COS(=O)(=O)c2ccc(C)cc2)(COS(=O)(=O)c2ccc(C)cc2)COS(=O)(=O)c2ccc(C)cc2)cc1.Cc1ccc(S(=O)(=O)OCC(COc2ccc(F)cc2F)(COc2ccc(F)cc2F)COc2ccc(F)cc2F)cc1.F.FF.Oc1ccc(F)cc1F. The molecule has 0 saturated heterocycles. The van der Waals surface area contributed by atoms with Crippen LogP contribution in [0.2, 0.25) is 0 Å². The first kappa shape index (κ1) is 85.6. The molecule has 0 bridgehead atoms. The largest absolute Gasteiger partial charge is 0.505 e. The van der Waals surface area contributed by atoms with E-state index in [0.29, 0.717) is 24.3 Å². The third-order valence-electron chi connectivity index (χ3n) is 14.3. The van der Waals surface area contributed by atoms with E-state index in [1.54, 1.807) is 34.6 Å². The summed E-state index contributed by atoms with van der Waals surface area (Å²) in [6.07, 6.45) is 0. The summed E-state index contributed by atoms with van der Waals surface area (Å²) in [4.78, 5) is -1.26. The van der Waals surface area contributed by atoms with Gasteiger partial charge in [0, 0.05) is 33.4 Å². The van der Waals surface area contributed by atoms with Crippen molar-refractivity contribution in [3.05, 3.63) is 268 Å². The number of phenolic OH excluding ortho intramolecular Hbond substituents is 1. The van der Waals surface area contributed by atoms with Crippen LogP contribution in [-0.4, -0.2) is 100 Å². The van der Waals surface area contributed by atoms with E-state index in [1.807, 2.05) is 0 Å². The second-order valence-electron chi connectivity index (χ2n) is 22.8. The van der Waals surface area contributed by atoms with Crippen molar-refractivity contribution < 1.29 is 131 Å². The van der Waals surface area contributed by atoms with Crippen LogP contribution in [0.1, 0.15) is 27.8 Å². The van der Waals surface area contributed by atoms with Crippen molar-refractivity contribution in [3.63, 3.8) is 0 Å². The minimum atomic E-state index is -4.56. The Bertz CT molecular complexity index is 4460. The molecule has 0 radical (unpaired) electrons. The number of phenols is 1. The molecule has 0 heterocycles. The van der Waals surface area contributed by atoms with E-state index in [-0.39, 0.29) is 29.2 Å². The summed E-state index contributed by atoms with van der Waals surface area (Å²) in [6, 6.07) is 37.9. The zero-order valence-electron chi connectivity index (χ0n) is 55.2. The monoisotopic (exact) mass is 1570 g/mol. The lowest BCUT2D eigenvalue weighted by Gasteiger charge is -2.33. The molecule has 0 aliphatic rings. The molecule has 562 valence electrons. The van der Waals surface area contributed by atoms with Crippen LogP contribution in [-0.2, 0) is 71.5 Å². The fourth-order valence-corrected chi connectivity index (χ4v) is 13.4. The van der Waals surface area contributed by atoms with Gasteiger partial charge in [-0.2, -0.15) is 42.1 Å². The first-order valence-electron chi connectivity index (χ1n) is 29.7. The Kier molecular flexibility index (Phi) is 30.9. The minimum absolute atomic E-state index is 0. The molecule has 0 amide bonds. The molecule has 1 N–H and O–H groups in total. The van der Waals surface area contributed by atoms with E-state index in [2.05, 4.69) is 0 Å². The zero-order valence-corrected chi connectivity index (χ0v) is 59.2. The summed E-state index contributed by atoms with van der Waals surface area (Å²) in [5.74, 6) is -9.49. The topological polar surface area (TPSA) is 265 Å². The molecule has 0 aliphatic heterocycles. The molecule has 19 nitrogen and oxygen atoms in total. The third kappa shape index (κ3) is 25.4. The average molecular weight is 1570 g/mol. The quantitative estimate of drug-likeness (QED) is 0.0337. The molecule has 35 heteroatoms. The predicted molar refractivity (Wildman–Crippen MR) is 355 cm³/mol. The maximum absolute atomic E-state index is 14.4. The van der Waals surface area contributed by atoms with Crippen molar-refractivity contribution in [2.75, 3.05) is 52.9 Å². The molecular weight excluding hydrogens is 1500 g/mol. The second-order valence-corrected chi connectivity index (χ2v) is 30.9. The van der Waals surface area contributed by atoms with Gasteiger partial charge in [0.15, 0.2) is 46.3 Å². The molecule has 9 aromatic rings. The lowest BCUT2D eigenvalue weighted by molar-refractivity contribution is -0.00456. The zero-order chi connectivity index (χ0) is 76.1. The van der Waals surface area contributed by atoms with Gasteiger partial charge in [-0.25, -0.2) is 35.1 Å². The lowest BCUT2D eigenvalue weighted by atomic mass is 9.92. The number of ether oxygens (including phenoxy) is 3. The van der Waals surface area contributed by atoms with Gasteiger partial charge in [-0.3, -0.25) is 25.6 Å². The predicted octanol–water partition coefficient (Wildman–Crippen LogP) is 14.3. The highest BCUT2D eigenvalue weighted by Gasteiger charge is 2.42. The third-order valence-corrected chi connectivity index (χ3v) is 20.7. The van der Waals surface area contributed by atoms with Crippen LogP contribution in [0, 0.1) is 92.0 Å². The standard InChI is InChI=1S/C33H36O12S4.C30H24F6O6S.C6H4F2O.F2.FH/c1-25-5-13-29(14-6-25)46(34,35)42-21-33(22-43-47(36,37)30-15-7-26(2)8-16-30,23-44-48(38,39)31-17-9-27(3)10-18-31)24-45-49(40,41)32-19-11-28(4)12-20-32;1-19-2-7-23(8-3-19)43(37,38)42-18-30(15-39-27-9-4-20(31)12-24(27)34,16-40-28-10-5-21(32)13-25(28)35)17-41-29-11-6-22(33)14-26(29)36;7-4-1-2-6(9)5(8)3-4;1-2;/h5-20H,21-24H2,1-4H3;2-14H,15-18H2,1H3;1-3,9H;;1H. The molecule has 104 heavy (non-hydrogen) atoms. The summed E-state index contributed by atoms with van der Waals surface area (Å²) in [5.41, 5.74) is -0.169.